The van der Waals surface area contributed by atoms with Gasteiger partial charge in [0.05, 0.1) is 4.92 Å². The van der Waals surface area contributed by atoms with Crippen LogP contribution in [0.3, 0.4) is 0 Å². The number of aliphatic hydroxyl groups is 1. The number of aliphatic hydroxyl groups excluding tert-OH is 1. The molecule has 0 spiro atoms. The van der Waals surface area contributed by atoms with E-state index < -0.39 is 0 Å². The summed E-state index contributed by atoms with van der Waals surface area (Å²) in [6.45, 7) is 4.62. The van der Waals surface area contributed by atoms with Crippen LogP contribution in [-0.2, 0) is 6.54 Å². The lowest BCUT2D eigenvalue weighted by molar-refractivity contribution is -0.385. The number of nitro groups is 1. The fourth-order valence-electron chi connectivity index (χ4n) is 2.97. The second kappa shape index (κ2) is 5.89. The van der Waals surface area contributed by atoms with E-state index in [1.807, 2.05) is 6.07 Å². The van der Waals surface area contributed by atoms with Crippen LogP contribution < -0.4 is 5.32 Å². The van der Waals surface area contributed by atoms with Gasteiger partial charge in [0.15, 0.2) is 0 Å². The van der Waals surface area contributed by atoms with Gasteiger partial charge in [-0.3, -0.25) is 10.1 Å². The summed E-state index contributed by atoms with van der Waals surface area (Å²) in [5.41, 5.74) is 1.69. The highest BCUT2D eigenvalue weighted by Crippen LogP contribution is 2.37. The molecular formula is C15H22N2O3. The summed E-state index contributed by atoms with van der Waals surface area (Å²) in [5.74, 6) is 0. The third kappa shape index (κ3) is 2.99. The molecule has 1 aromatic rings. The van der Waals surface area contributed by atoms with Crippen LogP contribution in [0, 0.1) is 22.5 Å². The molecule has 2 atom stereocenters. The molecule has 2 unspecified atom stereocenters. The van der Waals surface area contributed by atoms with Crippen LogP contribution in [0.25, 0.3) is 0 Å². The minimum absolute atomic E-state index is 0.0728. The van der Waals surface area contributed by atoms with Gasteiger partial charge in [-0.05, 0) is 25.3 Å². The van der Waals surface area contributed by atoms with Crippen LogP contribution in [0.15, 0.2) is 18.2 Å². The molecule has 5 nitrogen and oxygen atoms in total. The van der Waals surface area contributed by atoms with E-state index >= 15 is 0 Å². The summed E-state index contributed by atoms with van der Waals surface area (Å²) in [4.78, 5) is 10.6. The van der Waals surface area contributed by atoms with Crippen LogP contribution in [0.2, 0.25) is 0 Å². The summed E-state index contributed by atoms with van der Waals surface area (Å²) >= 11 is 0. The summed E-state index contributed by atoms with van der Waals surface area (Å²) in [7, 11) is 0. The van der Waals surface area contributed by atoms with Gasteiger partial charge in [-0.15, -0.1) is 0 Å². The van der Waals surface area contributed by atoms with Gasteiger partial charge in [0.1, 0.15) is 0 Å². The number of nitro benzene ring substituents is 1. The number of hydrogen-bond donors (Lipinski definition) is 2. The molecule has 20 heavy (non-hydrogen) atoms. The number of hydrogen-bond acceptors (Lipinski definition) is 4. The molecule has 2 rings (SSSR count). The number of benzene rings is 1. The maximum atomic E-state index is 10.9. The van der Waals surface area contributed by atoms with Crippen LogP contribution in [0.4, 0.5) is 5.69 Å². The first kappa shape index (κ1) is 14.9. The molecule has 0 amide bonds. The maximum absolute atomic E-state index is 10.9. The van der Waals surface area contributed by atoms with E-state index in [1.54, 1.807) is 19.1 Å². The molecule has 1 aromatic carbocycles. The molecule has 1 aliphatic carbocycles. The van der Waals surface area contributed by atoms with Gasteiger partial charge < -0.3 is 10.4 Å². The second-order valence-corrected chi connectivity index (χ2v) is 6.02. The highest BCUT2D eigenvalue weighted by molar-refractivity contribution is 5.42. The molecule has 5 heteroatoms. The lowest BCUT2D eigenvalue weighted by atomic mass is 9.85. The van der Waals surface area contributed by atoms with E-state index in [4.69, 9.17) is 0 Å². The molecule has 0 heterocycles. The van der Waals surface area contributed by atoms with Gasteiger partial charge in [-0.25, -0.2) is 0 Å². The predicted octanol–water partition coefficient (Wildman–Crippen LogP) is 2.54. The Morgan fingerprint density at radius 3 is 2.95 bits per heavy atom. The second-order valence-electron chi connectivity index (χ2n) is 6.02. The molecule has 110 valence electrons. The van der Waals surface area contributed by atoms with Crippen molar-refractivity contribution in [1.29, 1.82) is 0 Å². The summed E-state index contributed by atoms with van der Waals surface area (Å²) in [6.07, 6.45) is 3.18. The van der Waals surface area contributed by atoms with E-state index in [-0.39, 0.29) is 28.7 Å². The first-order valence-corrected chi connectivity index (χ1v) is 7.04. The van der Waals surface area contributed by atoms with Crippen molar-refractivity contribution in [1.82, 2.24) is 5.32 Å². The van der Waals surface area contributed by atoms with Crippen molar-refractivity contribution in [3.8, 4) is 0 Å². The minimum Gasteiger partial charge on any atom is -0.396 e. The minimum atomic E-state index is -0.341. The lowest BCUT2D eigenvalue weighted by Gasteiger charge is -2.30. The van der Waals surface area contributed by atoms with Crippen molar-refractivity contribution in [2.45, 2.75) is 45.7 Å². The van der Waals surface area contributed by atoms with Gasteiger partial charge in [0.2, 0.25) is 0 Å². The van der Waals surface area contributed by atoms with E-state index in [2.05, 4.69) is 12.2 Å². The van der Waals surface area contributed by atoms with E-state index in [1.165, 1.54) is 0 Å². The first-order chi connectivity index (χ1) is 9.46. The van der Waals surface area contributed by atoms with Crippen LogP contribution in [0.5, 0.6) is 0 Å². The average Bonchev–Trinajstić information content (AvgIpc) is 2.79. The SMILES string of the molecule is Cc1ccc(CNC2CCCC2(C)CO)cc1[N+](=O)[O-]. The Morgan fingerprint density at radius 1 is 1.55 bits per heavy atom. The van der Waals surface area contributed by atoms with Crippen molar-refractivity contribution >= 4 is 5.69 Å². The zero-order valence-electron chi connectivity index (χ0n) is 12.1. The Kier molecular flexibility index (Phi) is 4.40. The molecule has 1 aliphatic rings. The van der Waals surface area contributed by atoms with Crippen LogP contribution in [-0.4, -0.2) is 22.7 Å². The fraction of sp³-hybridized carbons (Fsp3) is 0.600. The van der Waals surface area contributed by atoms with Crippen molar-refractivity contribution in [2.24, 2.45) is 5.41 Å². The fourth-order valence-corrected chi connectivity index (χ4v) is 2.97. The van der Waals surface area contributed by atoms with Crippen molar-refractivity contribution < 1.29 is 10.0 Å². The third-order valence-electron chi connectivity index (χ3n) is 4.47. The Balaban J connectivity index is 2.04. The van der Waals surface area contributed by atoms with Crippen LogP contribution >= 0.6 is 0 Å². The Morgan fingerprint density at radius 2 is 2.30 bits per heavy atom. The highest BCUT2D eigenvalue weighted by atomic mass is 16.6. The zero-order valence-corrected chi connectivity index (χ0v) is 12.1. The van der Waals surface area contributed by atoms with Gasteiger partial charge in [-0.1, -0.05) is 25.5 Å². The highest BCUT2D eigenvalue weighted by Gasteiger charge is 2.37. The normalized spacial score (nSPS) is 25.9. The number of aryl methyl sites for hydroxylation is 1. The quantitative estimate of drug-likeness (QED) is 0.641. The largest absolute Gasteiger partial charge is 0.396 e. The Labute approximate surface area is 119 Å². The molecule has 1 fully saturated rings. The molecule has 0 saturated heterocycles. The van der Waals surface area contributed by atoms with Gasteiger partial charge in [-0.2, -0.15) is 0 Å². The van der Waals surface area contributed by atoms with E-state index in [0.717, 1.165) is 24.8 Å². The maximum Gasteiger partial charge on any atom is 0.272 e. The monoisotopic (exact) mass is 278 g/mol. The summed E-state index contributed by atoms with van der Waals surface area (Å²) in [5, 5.41) is 23.9. The van der Waals surface area contributed by atoms with Gasteiger partial charge in [0, 0.05) is 36.2 Å². The Hall–Kier alpha value is -1.46. The topological polar surface area (TPSA) is 75.4 Å². The predicted molar refractivity (Wildman–Crippen MR) is 77.5 cm³/mol. The van der Waals surface area contributed by atoms with Crippen LogP contribution in [0.1, 0.15) is 37.3 Å². The van der Waals surface area contributed by atoms with Crippen molar-refractivity contribution in [2.75, 3.05) is 6.61 Å². The Bertz CT molecular complexity index is 504. The molecule has 0 aliphatic heterocycles. The average molecular weight is 278 g/mol. The van der Waals surface area contributed by atoms with E-state index in [0.29, 0.717) is 12.1 Å². The van der Waals surface area contributed by atoms with Gasteiger partial charge in [0.25, 0.3) is 5.69 Å². The standard InChI is InChI=1S/C15H22N2O3/c1-11-5-6-12(8-13(11)17(19)20)9-16-14-4-3-7-15(14,2)10-18/h5-6,8,14,16,18H,3-4,7,9-10H2,1-2H3. The lowest BCUT2D eigenvalue weighted by Crippen LogP contribution is -2.41. The zero-order chi connectivity index (χ0) is 14.8. The van der Waals surface area contributed by atoms with E-state index in [9.17, 15) is 15.2 Å². The first-order valence-electron chi connectivity index (χ1n) is 7.04. The van der Waals surface area contributed by atoms with Gasteiger partial charge >= 0.3 is 0 Å². The number of rotatable bonds is 5. The van der Waals surface area contributed by atoms with Crippen molar-refractivity contribution in [3.63, 3.8) is 0 Å². The molecule has 2 N–H and O–H groups in total. The smallest absolute Gasteiger partial charge is 0.272 e. The summed E-state index contributed by atoms with van der Waals surface area (Å²) < 4.78 is 0. The molecule has 0 radical (unpaired) electrons. The summed E-state index contributed by atoms with van der Waals surface area (Å²) in [6, 6.07) is 5.61. The molecule has 0 aromatic heterocycles. The number of nitrogens with zero attached hydrogens (tertiary/aromatic N) is 1. The third-order valence-corrected chi connectivity index (χ3v) is 4.47. The molecule has 1 saturated carbocycles. The number of nitrogens with one attached hydrogen (secondary N) is 1. The van der Waals surface area contributed by atoms with Crippen molar-refractivity contribution in [3.05, 3.63) is 39.4 Å². The molecular weight excluding hydrogens is 256 g/mol. The molecule has 0 bridgehead atoms.